The zero-order valence-electron chi connectivity index (χ0n) is 20.7. The number of hydrogen-bond acceptors (Lipinski definition) is 5. The predicted octanol–water partition coefficient (Wildman–Crippen LogP) is 5.56. The minimum atomic E-state index is -0.591. The van der Waals surface area contributed by atoms with Gasteiger partial charge in [0.1, 0.15) is 5.75 Å². The Labute approximate surface area is 211 Å². The Balaban J connectivity index is 1.43. The summed E-state index contributed by atoms with van der Waals surface area (Å²) in [7, 11) is 3.18. The van der Waals surface area contributed by atoms with Crippen LogP contribution in [0.1, 0.15) is 37.7 Å². The first kappa shape index (κ1) is 25.1. The van der Waals surface area contributed by atoms with Gasteiger partial charge in [-0.3, -0.25) is 9.59 Å². The summed E-state index contributed by atoms with van der Waals surface area (Å²) < 4.78 is 16.1. The van der Waals surface area contributed by atoms with E-state index in [4.69, 9.17) is 14.2 Å². The molecule has 1 fully saturated rings. The van der Waals surface area contributed by atoms with Gasteiger partial charge in [-0.1, -0.05) is 49.6 Å². The molecule has 1 saturated carbocycles. The van der Waals surface area contributed by atoms with Crippen molar-refractivity contribution in [3.63, 3.8) is 0 Å². The van der Waals surface area contributed by atoms with Gasteiger partial charge in [0.25, 0.3) is 5.91 Å². The number of anilines is 2. The van der Waals surface area contributed by atoms with Crippen LogP contribution in [0.4, 0.5) is 11.4 Å². The van der Waals surface area contributed by atoms with Crippen LogP contribution >= 0.6 is 0 Å². The highest BCUT2D eigenvalue weighted by Gasteiger charge is 2.41. The van der Waals surface area contributed by atoms with E-state index in [2.05, 4.69) is 10.6 Å². The summed E-state index contributed by atoms with van der Waals surface area (Å²) >= 11 is 0. The molecule has 0 aliphatic heterocycles. The van der Waals surface area contributed by atoms with Crippen molar-refractivity contribution in [1.82, 2.24) is 0 Å². The molecule has 7 heteroatoms. The Kier molecular flexibility index (Phi) is 8.10. The summed E-state index contributed by atoms with van der Waals surface area (Å²) in [6.07, 6.45) is 4.72. The average molecular weight is 489 g/mol. The number of hydrogen-bond donors (Lipinski definition) is 2. The third kappa shape index (κ3) is 5.79. The molecule has 0 aromatic heterocycles. The number of carbonyl (C=O) groups excluding carboxylic acids is 2. The summed E-state index contributed by atoms with van der Waals surface area (Å²) in [5.41, 5.74) is 1.61. The standard InChI is InChI=1S/C29H32N2O5/c1-34-24-15-13-21(14-16-24)29(17-6-3-7-18-29)28(33)31-23-10-8-9-22(19-23)30-27(32)20-36-26-12-5-4-11-25(26)35-2/h4-5,8-16,19H,3,6-7,17-18,20H2,1-2H3,(H,30,32)(H,31,33). The maximum Gasteiger partial charge on any atom is 0.262 e. The van der Waals surface area contributed by atoms with Crippen LogP contribution in [-0.4, -0.2) is 32.6 Å². The van der Waals surface area contributed by atoms with E-state index in [1.165, 1.54) is 0 Å². The van der Waals surface area contributed by atoms with Crippen LogP contribution in [0.25, 0.3) is 0 Å². The molecule has 36 heavy (non-hydrogen) atoms. The van der Waals surface area contributed by atoms with E-state index in [0.717, 1.165) is 43.4 Å². The second kappa shape index (κ2) is 11.6. The van der Waals surface area contributed by atoms with Crippen molar-refractivity contribution in [1.29, 1.82) is 0 Å². The number of carbonyl (C=O) groups is 2. The minimum absolute atomic E-state index is 0.0321. The van der Waals surface area contributed by atoms with E-state index in [-0.39, 0.29) is 18.4 Å². The fourth-order valence-electron chi connectivity index (χ4n) is 4.72. The molecule has 0 saturated heterocycles. The lowest BCUT2D eigenvalue weighted by Crippen LogP contribution is -2.42. The van der Waals surface area contributed by atoms with Gasteiger partial charge in [0, 0.05) is 11.4 Å². The lowest BCUT2D eigenvalue weighted by molar-refractivity contribution is -0.122. The minimum Gasteiger partial charge on any atom is -0.497 e. The molecule has 0 heterocycles. The summed E-state index contributed by atoms with van der Waals surface area (Å²) in [6, 6.07) is 22.1. The largest absolute Gasteiger partial charge is 0.497 e. The summed E-state index contributed by atoms with van der Waals surface area (Å²) in [4.78, 5) is 26.1. The maximum absolute atomic E-state index is 13.6. The topological polar surface area (TPSA) is 85.9 Å². The summed E-state index contributed by atoms with van der Waals surface area (Å²) in [5, 5.41) is 5.92. The normalized spacial score (nSPS) is 14.4. The van der Waals surface area contributed by atoms with Crippen LogP contribution in [0.5, 0.6) is 17.2 Å². The zero-order chi connectivity index (χ0) is 25.4. The number of rotatable bonds is 9. The fourth-order valence-corrected chi connectivity index (χ4v) is 4.72. The second-order valence-corrected chi connectivity index (χ2v) is 8.89. The van der Waals surface area contributed by atoms with Crippen molar-refractivity contribution < 1.29 is 23.8 Å². The van der Waals surface area contributed by atoms with Gasteiger partial charge in [-0.15, -0.1) is 0 Å². The van der Waals surface area contributed by atoms with Crippen molar-refractivity contribution in [3.8, 4) is 17.2 Å². The van der Waals surface area contributed by atoms with E-state index in [1.807, 2.05) is 42.5 Å². The average Bonchev–Trinajstić information content (AvgIpc) is 2.92. The predicted molar refractivity (Wildman–Crippen MR) is 140 cm³/mol. The number of methoxy groups -OCH3 is 2. The van der Waals surface area contributed by atoms with Crippen molar-refractivity contribution in [2.24, 2.45) is 0 Å². The number of para-hydroxylation sites is 2. The Morgan fingerprint density at radius 2 is 1.44 bits per heavy atom. The highest BCUT2D eigenvalue weighted by atomic mass is 16.5. The van der Waals surface area contributed by atoms with Gasteiger partial charge in [-0.25, -0.2) is 0 Å². The van der Waals surface area contributed by atoms with Crippen LogP contribution in [0.15, 0.2) is 72.8 Å². The monoisotopic (exact) mass is 488 g/mol. The third-order valence-corrected chi connectivity index (χ3v) is 6.62. The SMILES string of the molecule is COc1ccc(C2(C(=O)Nc3cccc(NC(=O)COc4ccccc4OC)c3)CCCCC2)cc1. The van der Waals surface area contributed by atoms with Crippen LogP contribution in [0, 0.1) is 0 Å². The van der Waals surface area contributed by atoms with E-state index in [1.54, 1.807) is 44.6 Å². The van der Waals surface area contributed by atoms with Crippen molar-refractivity contribution >= 4 is 23.2 Å². The highest BCUT2D eigenvalue weighted by Crippen LogP contribution is 2.41. The van der Waals surface area contributed by atoms with E-state index in [9.17, 15) is 9.59 Å². The van der Waals surface area contributed by atoms with Gasteiger partial charge < -0.3 is 24.8 Å². The van der Waals surface area contributed by atoms with E-state index in [0.29, 0.717) is 22.9 Å². The smallest absolute Gasteiger partial charge is 0.262 e. The molecule has 0 radical (unpaired) electrons. The molecular weight excluding hydrogens is 456 g/mol. The number of nitrogens with one attached hydrogen (secondary N) is 2. The molecule has 0 atom stereocenters. The molecule has 1 aliphatic carbocycles. The highest BCUT2D eigenvalue weighted by molar-refractivity contribution is 6.00. The van der Waals surface area contributed by atoms with Gasteiger partial charge in [0.05, 0.1) is 19.6 Å². The van der Waals surface area contributed by atoms with Crippen LogP contribution < -0.4 is 24.8 Å². The maximum atomic E-state index is 13.6. The molecule has 2 N–H and O–H groups in total. The van der Waals surface area contributed by atoms with Crippen LogP contribution in [0.2, 0.25) is 0 Å². The zero-order valence-corrected chi connectivity index (χ0v) is 20.7. The molecule has 3 aromatic carbocycles. The van der Waals surface area contributed by atoms with Gasteiger partial charge in [-0.2, -0.15) is 0 Å². The first-order valence-corrected chi connectivity index (χ1v) is 12.2. The van der Waals surface area contributed by atoms with E-state index < -0.39 is 5.41 Å². The third-order valence-electron chi connectivity index (χ3n) is 6.62. The molecule has 3 aromatic rings. The number of amides is 2. The quantitative estimate of drug-likeness (QED) is 0.412. The van der Waals surface area contributed by atoms with Crippen LogP contribution in [0.3, 0.4) is 0 Å². The number of ether oxygens (including phenoxy) is 3. The molecule has 4 rings (SSSR count). The Hall–Kier alpha value is -4.00. The first-order chi connectivity index (χ1) is 17.5. The molecule has 0 bridgehead atoms. The molecule has 1 aliphatic rings. The molecule has 7 nitrogen and oxygen atoms in total. The van der Waals surface area contributed by atoms with Crippen molar-refractivity contribution in [2.45, 2.75) is 37.5 Å². The number of benzene rings is 3. The lowest BCUT2D eigenvalue weighted by Gasteiger charge is -2.36. The Morgan fingerprint density at radius 3 is 2.11 bits per heavy atom. The molecule has 188 valence electrons. The lowest BCUT2D eigenvalue weighted by atomic mass is 9.68. The molecule has 2 amide bonds. The summed E-state index contributed by atoms with van der Waals surface area (Å²) in [5.74, 6) is 1.47. The fraction of sp³-hybridized carbons (Fsp3) is 0.310. The molecule has 0 unspecified atom stereocenters. The first-order valence-electron chi connectivity index (χ1n) is 12.2. The Morgan fingerprint density at radius 1 is 0.778 bits per heavy atom. The second-order valence-electron chi connectivity index (χ2n) is 8.89. The van der Waals surface area contributed by atoms with E-state index >= 15 is 0 Å². The summed E-state index contributed by atoms with van der Waals surface area (Å²) in [6.45, 7) is -0.169. The van der Waals surface area contributed by atoms with Gasteiger partial charge in [0.15, 0.2) is 18.1 Å². The molecular formula is C29H32N2O5. The van der Waals surface area contributed by atoms with Crippen molar-refractivity contribution in [3.05, 3.63) is 78.4 Å². The van der Waals surface area contributed by atoms with Gasteiger partial charge in [0.2, 0.25) is 5.91 Å². The van der Waals surface area contributed by atoms with Crippen molar-refractivity contribution in [2.75, 3.05) is 31.5 Å². The Bertz CT molecular complexity index is 1190. The molecule has 0 spiro atoms. The van der Waals surface area contributed by atoms with Gasteiger partial charge >= 0.3 is 0 Å². The van der Waals surface area contributed by atoms with Crippen LogP contribution in [-0.2, 0) is 15.0 Å². The van der Waals surface area contributed by atoms with Gasteiger partial charge in [-0.05, 0) is 60.9 Å².